The zero-order valence-electron chi connectivity index (χ0n) is 10.2. The van der Waals surface area contributed by atoms with Crippen LogP contribution in [0, 0.1) is 15.9 Å². The average molecular weight is 270 g/mol. The molecular formula is C11H11FN2O5. The van der Waals surface area contributed by atoms with Crippen molar-refractivity contribution in [2.24, 2.45) is 0 Å². The van der Waals surface area contributed by atoms with E-state index in [2.05, 4.69) is 0 Å². The third-order valence-corrected chi connectivity index (χ3v) is 2.65. The first kappa shape index (κ1) is 14.6. The van der Waals surface area contributed by atoms with Crippen molar-refractivity contribution in [2.75, 3.05) is 7.05 Å². The maximum absolute atomic E-state index is 13.5. The van der Waals surface area contributed by atoms with E-state index in [-0.39, 0.29) is 0 Å². The summed E-state index contributed by atoms with van der Waals surface area (Å²) in [4.78, 5) is 33.2. The smallest absolute Gasteiger partial charge is 0.326 e. The summed E-state index contributed by atoms with van der Waals surface area (Å²) in [6.07, 6.45) is 0. The Morgan fingerprint density at radius 1 is 1.47 bits per heavy atom. The highest BCUT2D eigenvalue weighted by Gasteiger charge is 2.26. The Labute approximate surface area is 107 Å². The van der Waals surface area contributed by atoms with E-state index >= 15 is 0 Å². The predicted octanol–water partition coefficient (Wildman–Crippen LogP) is 1.28. The second kappa shape index (κ2) is 5.42. The summed E-state index contributed by atoms with van der Waals surface area (Å²) in [5, 5.41) is 19.3. The quantitative estimate of drug-likeness (QED) is 0.656. The number of likely N-dealkylation sites (N-methyl/N-ethyl adjacent to an activating group) is 1. The summed E-state index contributed by atoms with van der Waals surface area (Å²) >= 11 is 0. The number of halogens is 1. The maximum Gasteiger partial charge on any atom is 0.326 e. The van der Waals surface area contributed by atoms with Crippen molar-refractivity contribution in [3.63, 3.8) is 0 Å². The fraction of sp³-hybridized carbons (Fsp3) is 0.273. The van der Waals surface area contributed by atoms with Gasteiger partial charge < -0.3 is 10.0 Å². The molecule has 19 heavy (non-hydrogen) atoms. The highest BCUT2D eigenvalue weighted by atomic mass is 19.1. The van der Waals surface area contributed by atoms with Gasteiger partial charge in [0.25, 0.3) is 11.6 Å². The van der Waals surface area contributed by atoms with Gasteiger partial charge in [-0.2, -0.15) is 0 Å². The molecule has 1 amide bonds. The minimum atomic E-state index is -1.26. The van der Waals surface area contributed by atoms with Gasteiger partial charge in [-0.25, -0.2) is 9.18 Å². The number of rotatable bonds is 4. The average Bonchev–Trinajstić information content (AvgIpc) is 2.36. The number of carbonyl (C=O) groups is 2. The second-order valence-electron chi connectivity index (χ2n) is 3.85. The molecule has 0 aliphatic heterocycles. The number of aliphatic carboxylic acids is 1. The van der Waals surface area contributed by atoms with Gasteiger partial charge in [-0.05, 0) is 13.0 Å². The molecule has 1 N–H and O–H groups in total. The van der Waals surface area contributed by atoms with E-state index in [0.29, 0.717) is 0 Å². The molecule has 0 spiro atoms. The topological polar surface area (TPSA) is 101 Å². The van der Waals surface area contributed by atoms with Crippen molar-refractivity contribution in [1.82, 2.24) is 4.90 Å². The molecule has 0 bridgehead atoms. The number of nitro groups is 1. The van der Waals surface area contributed by atoms with Crippen molar-refractivity contribution in [2.45, 2.75) is 13.0 Å². The summed E-state index contributed by atoms with van der Waals surface area (Å²) in [5.74, 6) is -3.14. The summed E-state index contributed by atoms with van der Waals surface area (Å²) in [6, 6.07) is 1.33. The molecule has 0 aliphatic carbocycles. The number of amides is 1. The molecule has 0 aliphatic rings. The van der Waals surface area contributed by atoms with E-state index in [4.69, 9.17) is 5.11 Å². The van der Waals surface area contributed by atoms with Gasteiger partial charge in [0.05, 0.1) is 10.5 Å². The number of carbonyl (C=O) groups excluding carboxylic acids is 1. The standard InChI is InChI=1S/C11H11FN2O5/c1-6(11(16)17)13(2)10(15)8-5-7(14(18)19)3-4-9(8)12/h3-6H,1-2H3,(H,16,17). The lowest BCUT2D eigenvalue weighted by Gasteiger charge is -2.21. The molecule has 0 saturated heterocycles. The molecule has 0 radical (unpaired) electrons. The van der Waals surface area contributed by atoms with Crippen LogP contribution in [-0.2, 0) is 4.79 Å². The molecule has 0 aromatic heterocycles. The molecule has 0 fully saturated rings. The molecule has 1 aromatic rings. The molecule has 102 valence electrons. The number of nitrogens with zero attached hydrogens (tertiary/aromatic N) is 2. The Balaban J connectivity index is 3.15. The largest absolute Gasteiger partial charge is 0.480 e. The fourth-order valence-corrected chi connectivity index (χ4v) is 1.32. The first-order chi connectivity index (χ1) is 8.75. The van der Waals surface area contributed by atoms with Crippen LogP contribution in [0.1, 0.15) is 17.3 Å². The van der Waals surface area contributed by atoms with Crippen LogP contribution < -0.4 is 0 Å². The first-order valence-electron chi connectivity index (χ1n) is 5.19. The molecule has 1 aromatic carbocycles. The Morgan fingerprint density at radius 3 is 2.53 bits per heavy atom. The lowest BCUT2D eigenvalue weighted by atomic mass is 10.1. The predicted molar refractivity (Wildman–Crippen MR) is 62.2 cm³/mol. The Bertz CT molecular complexity index is 546. The van der Waals surface area contributed by atoms with Gasteiger partial charge in [0, 0.05) is 19.2 Å². The second-order valence-corrected chi connectivity index (χ2v) is 3.85. The van der Waals surface area contributed by atoms with E-state index in [1.807, 2.05) is 0 Å². The van der Waals surface area contributed by atoms with Gasteiger partial charge in [0.1, 0.15) is 11.9 Å². The van der Waals surface area contributed by atoms with Gasteiger partial charge in [-0.3, -0.25) is 14.9 Å². The number of carboxylic acid groups (broad SMARTS) is 1. The van der Waals surface area contributed by atoms with Crippen LogP contribution in [0.3, 0.4) is 0 Å². The van der Waals surface area contributed by atoms with Crippen LogP contribution in [0.2, 0.25) is 0 Å². The molecule has 1 rings (SSSR count). The van der Waals surface area contributed by atoms with E-state index in [1.165, 1.54) is 14.0 Å². The monoisotopic (exact) mass is 270 g/mol. The number of hydrogen-bond donors (Lipinski definition) is 1. The van der Waals surface area contributed by atoms with Gasteiger partial charge in [-0.15, -0.1) is 0 Å². The highest BCUT2D eigenvalue weighted by molar-refractivity contribution is 5.97. The van der Waals surface area contributed by atoms with Crippen LogP contribution in [-0.4, -0.2) is 39.9 Å². The first-order valence-corrected chi connectivity index (χ1v) is 5.19. The fourth-order valence-electron chi connectivity index (χ4n) is 1.32. The van der Waals surface area contributed by atoms with E-state index in [9.17, 15) is 24.1 Å². The van der Waals surface area contributed by atoms with Gasteiger partial charge in [0.15, 0.2) is 0 Å². The number of non-ortho nitro benzene ring substituents is 1. The summed E-state index contributed by atoms with van der Waals surface area (Å²) in [5.41, 5.74) is -0.981. The Kier molecular flexibility index (Phi) is 4.15. The molecule has 1 atom stereocenters. The summed E-state index contributed by atoms with van der Waals surface area (Å²) < 4.78 is 13.5. The minimum Gasteiger partial charge on any atom is -0.480 e. The van der Waals surface area contributed by atoms with Crippen molar-refractivity contribution in [3.8, 4) is 0 Å². The zero-order valence-corrected chi connectivity index (χ0v) is 10.2. The van der Waals surface area contributed by atoms with E-state index in [1.54, 1.807) is 0 Å². The Hall–Kier alpha value is -2.51. The highest BCUT2D eigenvalue weighted by Crippen LogP contribution is 2.18. The van der Waals surface area contributed by atoms with Crippen molar-refractivity contribution in [1.29, 1.82) is 0 Å². The lowest BCUT2D eigenvalue weighted by Crippen LogP contribution is -2.40. The normalized spacial score (nSPS) is 11.7. The number of nitro benzene ring substituents is 1. The van der Waals surface area contributed by atoms with Crippen LogP contribution in [0.25, 0.3) is 0 Å². The molecule has 0 saturated carbocycles. The van der Waals surface area contributed by atoms with Gasteiger partial charge in [-0.1, -0.05) is 0 Å². The summed E-state index contributed by atoms with van der Waals surface area (Å²) in [7, 11) is 1.18. The SMILES string of the molecule is CC(C(=O)O)N(C)C(=O)c1cc([N+](=O)[O-])ccc1F. The third kappa shape index (κ3) is 3.03. The zero-order chi connectivity index (χ0) is 14.7. The van der Waals surface area contributed by atoms with Crippen molar-refractivity contribution in [3.05, 3.63) is 39.7 Å². The van der Waals surface area contributed by atoms with E-state index < -0.39 is 39.9 Å². The molecule has 7 nitrogen and oxygen atoms in total. The summed E-state index contributed by atoms with van der Waals surface area (Å²) in [6.45, 7) is 1.25. The van der Waals surface area contributed by atoms with Crippen molar-refractivity contribution >= 4 is 17.6 Å². The number of hydrogen-bond acceptors (Lipinski definition) is 4. The minimum absolute atomic E-state index is 0.443. The number of carboxylic acids is 1. The number of benzene rings is 1. The maximum atomic E-state index is 13.5. The lowest BCUT2D eigenvalue weighted by molar-refractivity contribution is -0.384. The van der Waals surface area contributed by atoms with Gasteiger partial charge >= 0.3 is 5.97 Å². The molecule has 1 unspecified atom stereocenters. The van der Waals surface area contributed by atoms with Gasteiger partial charge in [0.2, 0.25) is 0 Å². The van der Waals surface area contributed by atoms with Crippen molar-refractivity contribution < 1.29 is 24.0 Å². The van der Waals surface area contributed by atoms with E-state index in [0.717, 1.165) is 23.1 Å². The van der Waals surface area contributed by atoms with Crippen LogP contribution in [0.4, 0.5) is 10.1 Å². The molecule has 0 heterocycles. The molecular weight excluding hydrogens is 259 g/mol. The van der Waals surface area contributed by atoms with Crippen LogP contribution in [0.5, 0.6) is 0 Å². The molecule has 8 heteroatoms. The van der Waals surface area contributed by atoms with Crippen LogP contribution >= 0.6 is 0 Å². The van der Waals surface area contributed by atoms with Crippen LogP contribution in [0.15, 0.2) is 18.2 Å². The third-order valence-electron chi connectivity index (χ3n) is 2.65. The Morgan fingerprint density at radius 2 is 2.05 bits per heavy atom.